The van der Waals surface area contributed by atoms with Crippen molar-refractivity contribution >= 4 is 5.69 Å². The molecule has 2 nitrogen and oxygen atoms in total. The molecular formula is C16H22N2. The molecule has 1 fully saturated rings. The molecule has 1 heterocycles. The summed E-state index contributed by atoms with van der Waals surface area (Å²) < 4.78 is 0. The Morgan fingerprint density at radius 2 is 2.06 bits per heavy atom. The van der Waals surface area contributed by atoms with Crippen LogP contribution >= 0.6 is 0 Å². The van der Waals surface area contributed by atoms with Crippen LogP contribution in [0.3, 0.4) is 0 Å². The molecule has 1 aromatic rings. The fourth-order valence-corrected chi connectivity index (χ4v) is 2.76. The third kappa shape index (κ3) is 2.36. The molecule has 1 aliphatic heterocycles. The van der Waals surface area contributed by atoms with Crippen LogP contribution < -0.4 is 4.90 Å². The molecule has 0 spiro atoms. The van der Waals surface area contributed by atoms with E-state index in [0.29, 0.717) is 0 Å². The zero-order chi connectivity index (χ0) is 13.3. The van der Waals surface area contributed by atoms with Gasteiger partial charge in [0.15, 0.2) is 0 Å². The number of hydrogen-bond donors (Lipinski definition) is 0. The highest BCUT2D eigenvalue weighted by molar-refractivity contribution is 5.57. The second-order valence-electron chi connectivity index (χ2n) is 6.08. The molecule has 1 unspecified atom stereocenters. The lowest BCUT2D eigenvalue weighted by Gasteiger charge is -2.46. The van der Waals surface area contributed by atoms with Gasteiger partial charge in [0.05, 0.1) is 12.0 Å². The fraction of sp³-hybridized carbons (Fsp3) is 0.562. The van der Waals surface area contributed by atoms with Gasteiger partial charge in [-0.1, -0.05) is 12.1 Å². The Bertz CT molecular complexity index is 482. The van der Waals surface area contributed by atoms with Crippen molar-refractivity contribution < 1.29 is 0 Å². The lowest BCUT2D eigenvalue weighted by molar-refractivity contribution is 0.325. The first-order valence-corrected chi connectivity index (χ1v) is 6.68. The van der Waals surface area contributed by atoms with E-state index in [1.54, 1.807) is 0 Å². The van der Waals surface area contributed by atoms with Crippen LogP contribution in [-0.4, -0.2) is 12.1 Å². The minimum atomic E-state index is 0.145. The highest BCUT2D eigenvalue weighted by Crippen LogP contribution is 2.36. The summed E-state index contributed by atoms with van der Waals surface area (Å²) in [7, 11) is 0. The lowest BCUT2D eigenvalue weighted by Crippen LogP contribution is -2.50. The number of nitrogens with zero attached hydrogens (tertiary/aromatic N) is 2. The van der Waals surface area contributed by atoms with Crippen LogP contribution in [0.15, 0.2) is 18.2 Å². The molecule has 96 valence electrons. The smallest absolute Gasteiger partial charge is 0.0674 e. The monoisotopic (exact) mass is 242 g/mol. The molecule has 2 rings (SSSR count). The van der Waals surface area contributed by atoms with E-state index in [1.807, 2.05) is 0 Å². The van der Waals surface area contributed by atoms with Crippen LogP contribution in [-0.2, 0) is 0 Å². The largest absolute Gasteiger partial charge is 0.365 e. The molecule has 0 aliphatic carbocycles. The molecule has 18 heavy (non-hydrogen) atoms. The third-order valence-corrected chi connectivity index (χ3v) is 4.08. The van der Waals surface area contributed by atoms with Crippen molar-refractivity contribution in [2.24, 2.45) is 5.92 Å². The van der Waals surface area contributed by atoms with E-state index in [2.05, 4.69) is 56.9 Å². The van der Waals surface area contributed by atoms with E-state index in [4.69, 9.17) is 0 Å². The van der Waals surface area contributed by atoms with Crippen LogP contribution in [0.2, 0.25) is 0 Å². The van der Waals surface area contributed by atoms with Crippen LogP contribution in [0, 0.1) is 31.1 Å². The minimum Gasteiger partial charge on any atom is -0.365 e. The zero-order valence-corrected chi connectivity index (χ0v) is 11.8. The first kappa shape index (κ1) is 13.0. The first-order chi connectivity index (χ1) is 8.44. The molecule has 1 atom stereocenters. The summed E-state index contributed by atoms with van der Waals surface area (Å²) in [6.45, 7) is 9.70. The molecule has 0 amide bonds. The SMILES string of the molecule is Cc1ccc(C)c(N2CC(C#N)CCC2(C)C)c1. The molecule has 0 bridgehead atoms. The summed E-state index contributed by atoms with van der Waals surface area (Å²) in [5.41, 5.74) is 4.02. The second-order valence-corrected chi connectivity index (χ2v) is 6.08. The van der Waals surface area contributed by atoms with Gasteiger partial charge in [0.25, 0.3) is 0 Å². The van der Waals surface area contributed by atoms with Crippen molar-refractivity contribution in [1.29, 1.82) is 5.26 Å². The fourth-order valence-electron chi connectivity index (χ4n) is 2.76. The highest BCUT2D eigenvalue weighted by atomic mass is 15.2. The Labute approximate surface area is 110 Å². The molecule has 2 heteroatoms. The van der Waals surface area contributed by atoms with Gasteiger partial charge in [0, 0.05) is 17.8 Å². The van der Waals surface area contributed by atoms with Crippen molar-refractivity contribution in [3.63, 3.8) is 0 Å². The first-order valence-electron chi connectivity index (χ1n) is 6.68. The van der Waals surface area contributed by atoms with Crippen molar-refractivity contribution in [2.75, 3.05) is 11.4 Å². The molecule has 1 aromatic carbocycles. The summed E-state index contributed by atoms with van der Waals surface area (Å²) in [4.78, 5) is 2.42. The molecule has 0 saturated carbocycles. The molecule has 0 radical (unpaired) electrons. The summed E-state index contributed by atoms with van der Waals surface area (Å²) in [5.74, 6) is 0.165. The van der Waals surface area contributed by atoms with Gasteiger partial charge in [-0.25, -0.2) is 0 Å². The number of anilines is 1. The topological polar surface area (TPSA) is 27.0 Å². The predicted molar refractivity (Wildman–Crippen MR) is 75.7 cm³/mol. The van der Waals surface area contributed by atoms with Gasteiger partial charge in [-0.15, -0.1) is 0 Å². The Morgan fingerprint density at radius 3 is 2.72 bits per heavy atom. The molecule has 0 aromatic heterocycles. The van der Waals surface area contributed by atoms with Gasteiger partial charge in [0.1, 0.15) is 0 Å². The third-order valence-electron chi connectivity index (χ3n) is 4.08. The maximum absolute atomic E-state index is 9.17. The highest BCUT2D eigenvalue weighted by Gasteiger charge is 2.34. The number of piperidine rings is 1. The summed E-state index contributed by atoms with van der Waals surface area (Å²) in [6.07, 6.45) is 2.10. The average Bonchev–Trinajstić information content (AvgIpc) is 2.32. The Kier molecular flexibility index (Phi) is 3.34. The Hall–Kier alpha value is -1.49. The quantitative estimate of drug-likeness (QED) is 0.748. The van der Waals surface area contributed by atoms with Crippen molar-refractivity contribution in [1.82, 2.24) is 0 Å². The number of rotatable bonds is 1. The summed E-state index contributed by atoms with van der Waals surface area (Å²) in [5, 5.41) is 9.17. The van der Waals surface area contributed by atoms with Crippen LogP contribution in [0.25, 0.3) is 0 Å². The van der Waals surface area contributed by atoms with Gasteiger partial charge in [-0.3, -0.25) is 0 Å². The Balaban J connectivity index is 2.39. The van der Waals surface area contributed by atoms with E-state index in [1.165, 1.54) is 16.8 Å². The van der Waals surface area contributed by atoms with Gasteiger partial charge >= 0.3 is 0 Å². The number of benzene rings is 1. The summed E-state index contributed by atoms with van der Waals surface area (Å²) in [6, 6.07) is 9.01. The van der Waals surface area contributed by atoms with Crippen LogP contribution in [0.1, 0.15) is 37.8 Å². The van der Waals surface area contributed by atoms with E-state index in [9.17, 15) is 5.26 Å². The maximum atomic E-state index is 9.17. The number of hydrogen-bond acceptors (Lipinski definition) is 2. The Morgan fingerprint density at radius 1 is 1.33 bits per heavy atom. The average molecular weight is 242 g/mol. The molecular weight excluding hydrogens is 220 g/mol. The van der Waals surface area contributed by atoms with Crippen LogP contribution in [0.4, 0.5) is 5.69 Å². The normalized spacial score (nSPS) is 22.6. The van der Waals surface area contributed by atoms with Crippen LogP contribution in [0.5, 0.6) is 0 Å². The van der Waals surface area contributed by atoms with Crippen molar-refractivity contribution in [3.8, 4) is 6.07 Å². The molecule has 1 aliphatic rings. The van der Waals surface area contributed by atoms with E-state index >= 15 is 0 Å². The standard InChI is InChI=1S/C16H22N2/c1-12-5-6-13(2)15(9-12)18-11-14(10-17)7-8-16(18,3)4/h5-6,9,14H,7-8,11H2,1-4H3. The maximum Gasteiger partial charge on any atom is 0.0674 e. The van der Waals surface area contributed by atoms with Gasteiger partial charge < -0.3 is 4.90 Å². The van der Waals surface area contributed by atoms with Gasteiger partial charge in [-0.2, -0.15) is 5.26 Å². The van der Waals surface area contributed by atoms with Crippen molar-refractivity contribution in [3.05, 3.63) is 29.3 Å². The van der Waals surface area contributed by atoms with E-state index in [-0.39, 0.29) is 11.5 Å². The molecule has 0 N–H and O–H groups in total. The molecule has 1 saturated heterocycles. The van der Waals surface area contributed by atoms with Gasteiger partial charge in [0.2, 0.25) is 0 Å². The van der Waals surface area contributed by atoms with Gasteiger partial charge in [-0.05, 0) is 57.7 Å². The summed E-state index contributed by atoms with van der Waals surface area (Å²) >= 11 is 0. The van der Waals surface area contributed by atoms with Crippen molar-refractivity contribution in [2.45, 2.75) is 46.1 Å². The number of nitriles is 1. The van der Waals surface area contributed by atoms with E-state index in [0.717, 1.165) is 19.4 Å². The minimum absolute atomic E-state index is 0.145. The van der Waals surface area contributed by atoms with E-state index < -0.39 is 0 Å². The second kappa shape index (κ2) is 4.65. The predicted octanol–water partition coefficient (Wildman–Crippen LogP) is 3.82. The number of aryl methyl sites for hydroxylation is 2. The lowest BCUT2D eigenvalue weighted by atomic mass is 9.84. The zero-order valence-electron chi connectivity index (χ0n) is 11.8.